The summed E-state index contributed by atoms with van der Waals surface area (Å²) in [6.45, 7) is 2.22. The van der Waals surface area contributed by atoms with Gasteiger partial charge in [-0.15, -0.1) is 0 Å². The number of fused-ring (bicyclic) bond motifs is 1. The summed E-state index contributed by atoms with van der Waals surface area (Å²) in [5, 5.41) is 4.41. The molecule has 1 saturated carbocycles. The molecule has 0 saturated heterocycles. The molecule has 1 aliphatic rings. The van der Waals surface area contributed by atoms with Crippen LogP contribution in [0.3, 0.4) is 0 Å². The largest absolute Gasteiger partial charge is 0.465 e. The van der Waals surface area contributed by atoms with Crippen molar-refractivity contribution in [2.75, 3.05) is 6.61 Å². The predicted molar refractivity (Wildman–Crippen MR) is 77.3 cm³/mol. The van der Waals surface area contributed by atoms with Gasteiger partial charge in [-0.3, -0.25) is 10.3 Å². The lowest BCUT2D eigenvalue weighted by Gasteiger charge is -2.18. The number of pyridine rings is 1. The Morgan fingerprint density at radius 3 is 2.95 bits per heavy atom. The lowest BCUT2D eigenvalue weighted by atomic mass is 10.0. The number of para-hydroxylation sites is 1. The summed E-state index contributed by atoms with van der Waals surface area (Å²) >= 11 is 0. The van der Waals surface area contributed by atoms with Gasteiger partial charge < -0.3 is 4.74 Å². The first-order valence-corrected chi connectivity index (χ1v) is 7.06. The fourth-order valence-electron chi connectivity index (χ4n) is 2.36. The predicted octanol–water partition coefficient (Wildman–Crippen LogP) is 2.59. The van der Waals surface area contributed by atoms with E-state index in [0.29, 0.717) is 12.6 Å². The number of carbonyl (C=O) groups excluding carboxylic acids is 1. The second kappa shape index (κ2) is 5.59. The molecule has 3 rings (SSSR count). The summed E-state index contributed by atoms with van der Waals surface area (Å²) in [6, 6.07) is 9.81. The molecule has 20 heavy (non-hydrogen) atoms. The molecular weight excluding hydrogens is 252 g/mol. The van der Waals surface area contributed by atoms with Crippen molar-refractivity contribution >= 4 is 16.9 Å². The highest BCUT2D eigenvalue weighted by atomic mass is 16.5. The second-order valence-electron chi connectivity index (χ2n) is 5.05. The van der Waals surface area contributed by atoms with Gasteiger partial charge >= 0.3 is 5.97 Å². The minimum absolute atomic E-state index is 0.224. The summed E-state index contributed by atoms with van der Waals surface area (Å²) in [7, 11) is 0. The SMILES string of the molecule is CCOC(=O)C(NC1CC1)c1cccc2cccnc12. The van der Waals surface area contributed by atoms with E-state index >= 15 is 0 Å². The summed E-state index contributed by atoms with van der Waals surface area (Å²) in [6.07, 6.45) is 3.99. The zero-order chi connectivity index (χ0) is 13.9. The third kappa shape index (κ3) is 2.65. The number of nitrogens with one attached hydrogen (secondary N) is 1. The molecule has 1 fully saturated rings. The quantitative estimate of drug-likeness (QED) is 0.848. The Balaban J connectivity index is 2.01. The molecule has 0 aliphatic heterocycles. The minimum Gasteiger partial charge on any atom is -0.465 e. The Labute approximate surface area is 118 Å². The first kappa shape index (κ1) is 13.1. The molecule has 1 unspecified atom stereocenters. The van der Waals surface area contributed by atoms with Crippen LogP contribution >= 0.6 is 0 Å². The molecule has 1 aliphatic carbocycles. The third-order valence-electron chi connectivity index (χ3n) is 3.48. The van der Waals surface area contributed by atoms with Gasteiger partial charge in [0.2, 0.25) is 0 Å². The second-order valence-corrected chi connectivity index (χ2v) is 5.05. The molecule has 104 valence electrons. The Morgan fingerprint density at radius 1 is 1.40 bits per heavy atom. The fraction of sp³-hybridized carbons (Fsp3) is 0.375. The number of rotatable bonds is 5. The van der Waals surface area contributed by atoms with Crippen LogP contribution in [-0.4, -0.2) is 23.6 Å². The molecule has 1 atom stereocenters. The van der Waals surface area contributed by atoms with Crippen LogP contribution in [0.5, 0.6) is 0 Å². The number of hydrogen-bond acceptors (Lipinski definition) is 4. The maximum Gasteiger partial charge on any atom is 0.327 e. The zero-order valence-corrected chi connectivity index (χ0v) is 11.5. The van der Waals surface area contributed by atoms with Crippen LogP contribution in [0.15, 0.2) is 36.5 Å². The van der Waals surface area contributed by atoms with E-state index in [2.05, 4.69) is 10.3 Å². The lowest BCUT2D eigenvalue weighted by Crippen LogP contribution is -2.32. The lowest BCUT2D eigenvalue weighted by molar-refractivity contribution is -0.145. The number of nitrogens with zero attached hydrogens (tertiary/aromatic N) is 1. The van der Waals surface area contributed by atoms with E-state index in [4.69, 9.17) is 4.74 Å². The van der Waals surface area contributed by atoms with Gasteiger partial charge in [0.25, 0.3) is 0 Å². The zero-order valence-electron chi connectivity index (χ0n) is 11.5. The Hall–Kier alpha value is -1.94. The molecular formula is C16H18N2O2. The van der Waals surface area contributed by atoms with E-state index in [1.807, 2.05) is 37.3 Å². The van der Waals surface area contributed by atoms with E-state index in [9.17, 15) is 4.79 Å². The van der Waals surface area contributed by atoms with E-state index in [1.54, 1.807) is 6.20 Å². The smallest absolute Gasteiger partial charge is 0.327 e. The third-order valence-corrected chi connectivity index (χ3v) is 3.48. The molecule has 0 bridgehead atoms. The van der Waals surface area contributed by atoms with E-state index < -0.39 is 6.04 Å². The van der Waals surface area contributed by atoms with Crippen LogP contribution < -0.4 is 5.32 Å². The Morgan fingerprint density at radius 2 is 2.20 bits per heavy atom. The van der Waals surface area contributed by atoms with Gasteiger partial charge in [0.05, 0.1) is 12.1 Å². The van der Waals surface area contributed by atoms with Gasteiger partial charge in [-0.1, -0.05) is 24.3 Å². The monoisotopic (exact) mass is 270 g/mol. The van der Waals surface area contributed by atoms with Gasteiger partial charge in [-0.25, -0.2) is 4.79 Å². The maximum absolute atomic E-state index is 12.2. The molecule has 1 aromatic carbocycles. The van der Waals surface area contributed by atoms with E-state index in [0.717, 1.165) is 29.3 Å². The van der Waals surface area contributed by atoms with Crippen molar-refractivity contribution in [3.63, 3.8) is 0 Å². The van der Waals surface area contributed by atoms with Crippen molar-refractivity contribution in [1.82, 2.24) is 10.3 Å². The fourth-order valence-corrected chi connectivity index (χ4v) is 2.36. The number of hydrogen-bond donors (Lipinski definition) is 1. The summed E-state index contributed by atoms with van der Waals surface area (Å²) in [5.74, 6) is -0.224. The summed E-state index contributed by atoms with van der Waals surface area (Å²) in [5.41, 5.74) is 1.76. The molecule has 0 amide bonds. The van der Waals surface area contributed by atoms with Crippen molar-refractivity contribution in [2.45, 2.75) is 31.8 Å². The number of esters is 1. The average molecular weight is 270 g/mol. The molecule has 2 aromatic rings. The van der Waals surface area contributed by atoms with Crippen LogP contribution in [0.25, 0.3) is 10.9 Å². The molecule has 1 N–H and O–H groups in total. The molecule has 1 heterocycles. The highest BCUT2D eigenvalue weighted by molar-refractivity contribution is 5.88. The highest BCUT2D eigenvalue weighted by Crippen LogP contribution is 2.28. The van der Waals surface area contributed by atoms with Gasteiger partial charge in [-0.2, -0.15) is 0 Å². The standard InChI is InChI=1S/C16H18N2O2/c1-2-20-16(19)15(18-12-8-9-12)13-7-3-5-11-6-4-10-17-14(11)13/h3-7,10,12,15,18H,2,8-9H2,1H3. The van der Waals surface area contributed by atoms with Crippen molar-refractivity contribution in [2.24, 2.45) is 0 Å². The van der Waals surface area contributed by atoms with Gasteiger partial charge in [-0.05, 0) is 25.8 Å². The Kier molecular flexibility index (Phi) is 3.65. The number of carbonyl (C=O) groups is 1. The molecule has 0 radical (unpaired) electrons. The summed E-state index contributed by atoms with van der Waals surface area (Å²) < 4.78 is 5.21. The number of ether oxygens (including phenoxy) is 1. The first-order chi connectivity index (χ1) is 9.79. The number of benzene rings is 1. The average Bonchev–Trinajstić information content (AvgIpc) is 3.28. The van der Waals surface area contributed by atoms with E-state index in [1.165, 1.54) is 0 Å². The van der Waals surface area contributed by atoms with Crippen LogP contribution in [0.4, 0.5) is 0 Å². The van der Waals surface area contributed by atoms with Crippen molar-refractivity contribution in [3.05, 3.63) is 42.1 Å². The highest BCUT2D eigenvalue weighted by Gasteiger charge is 2.31. The number of aromatic nitrogens is 1. The van der Waals surface area contributed by atoms with Crippen LogP contribution in [0.1, 0.15) is 31.4 Å². The van der Waals surface area contributed by atoms with Crippen LogP contribution in [0, 0.1) is 0 Å². The molecule has 0 spiro atoms. The van der Waals surface area contributed by atoms with Crippen molar-refractivity contribution in [1.29, 1.82) is 0 Å². The Bertz CT molecular complexity index is 617. The van der Waals surface area contributed by atoms with Crippen molar-refractivity contribution in [3.8, 4) is 0 Å². The van der Waals surface area contributed by atoms with Crippen molar-refractivity contribution < 1.29 is 9.53 Å². The minimum atomic E-state index is -0.430. The van der Waals surface area contributed by atoms with Gasteiger partial charge in [0.1, 0.15) is 6.04 Å². The molecule has 4 nitrogen and oxygen atoms in total. The topological polar surface area (TPSA) is 51.2 Å². The summed E-state index contributed by atoms with van der Waals surface area (Å²) in [4.78, 5) is 16.7. The normalized spacial score (nSPS) is 16.1. The molecule has 1 aromatic heterocycles. The van der Waals surface area contributed by atoms with Crippen LogP contribution in [0.2, 0.25) is 0 Å². The molecule has 4 heteroatoms. The van der Waals surface area contributed by atoms with Gasteiger partial charge in [0, 0.05) is 23.2 Å². The maximum atomic E-state index is 12.2. The van der Waals surface area contributed by atoms with E-state index in [-0.39, 0.29) is 5.97 Å². The first-order valence-electron chi connectivity index (χ1n) is 7.06. The van der Waals surface area contributed by atoms with Crippen LogP contribution in [-0.2, 0) is 9.53 Å². The van der Waals surface area contributed by atoms with Gasteiger partial charge in [0.15, 0.2) is 0 Å².